The standard InChI is InChI=1S/C15H23N3O2S2/c1-4-18(5-2)15-17-14-12(22-15)8-11(21-14)13(20)16-9-10(3)6-7-19/h8,10,19H,4-7,9H2,1-3H3,(H,16,20). The topological polar surface area (TPSA) is 65.5 Å². The molecular formula is C15H23N3O2S2. The fourth-order valence-electron chi connectivity index (χ4n) is 2.14. The molecule has 0 saturated carbocycles. The third kappa shape index (κ3) is 3.97. The number of aliphatic hydroxyl groups excluding tert-OH is 1. The summed E-state index contributed by atoms with van der Waals surface area (Å²) in [5, 5.41) is 12.8. The first-order valence-electron chi connectivity index (χ1n) is 7.63. The Bertz CT molecular complexity index is 588. The number of carbonyl (C=O) groups is 1. The summed E-state index contributed by atoms with van der Waals surface area (Å²) in [5.74, 6) is 0.229. The van der Waals surface area contributed by atoms with Gasteiger partial charge in [0.1, 0.15) is 4.83 Å². The van der Waals surface area contributed by atoms with Crippen LogP contribution in [-0.2, 0) is 0 Å². The first-order valence-corrected chi connectivity index (χ1v) is 9.26. The molecule has 2 aromatic rings. The molecule has 0 radical (unpaired) electrons. The minimum atomic E-state index is -0.0515. The molecule has 1 amide bonds. The number of fused-ring (bicyclic) bond motifs is 1. The minimum Gasteiger partial charge on any atom is -0.396 e. The Morgan fingerprint density at radius 3 is 2.73 bits per heavy atom. The van der Waals surface area contributed by atoms with Gasteiger partial charge in [0.25, 0.3) is 5.91 Å². The van der Waals surface area contributed by atoms with Crippen LogP contribution < -0.4 is 10.2 Å². The highest BCUT2D eigenvalue weighted by molar-refractivity contribution is 7.29. The fourth-order valence-corrected chi connectivity index (χ4v) is 4.40. The summed E-state index contributed by atoms with van der Waals surface area (Å²) in [7, 11) is 0. The molecule has 7 heteroatoms. The van der Waals surface area contributed by atoms with Crippen molar-refractivity contribution in [3.63, 3.8) is 0 Å². The van der Waals surface area contributed by atoms with E-state index in [0.717, 1.165) is 27.8 Å². The molecule has 22 heavy (non-hydrogen) atoms. The van der Waals surface area contributed by atoms with E-state index in [4.69, 9.17) is 5.11 Å². The van der Waals surface area contributed by atoms with Crippen LogP contribution in [0.25, 0.3) is 9.53 Å². The molecule has 0 aliphatic heterocycles. The highest BCUT2D eigenvalue weighted by Crippen LogP contribution is 2.34. The Kier molecular flexibility index (Phi) is 6.16. The summed E-state index contributed by atoms with van der Waals surface area (Å²) in [4.78, 5) is 20.6. The molecule has 2 rings (SSSR count). The van der Waals surface area contributed by atoms with E-state index in [-0.39, 0.29) is 18.4 Å². The van der Waals surface area contributed by atoms with Crippen molar-refractivity contribution < 1.29 is 9.90 Å². The van der Waals surface area contributed by atoms with Crippen molar-refractivity contribution in [3.05, 3.63) is 10.9 Å². The van der Waals surface area contributed by atoms with Gasteiger partial charge in [-0.3, -0.25) is 4.79 Å². The quantitative estimate of drug-likeness (QED) is 0.775. The molecule has 1 unspecified atom stereocenters. The van der Waals surface area contributed by atoms with Crippen LogP contribution in [0, 0.1) is 5.92 Å². The van der Waals surface area contributed by atoms with Gasteiger partial charge in [0.05, 0.1) is 9.58 Å². The van der Waals surface area contributed by atoms with E-state index in [1.54, 1.807) is 11.3 Å². The number of hydrogen-bond donors (Lipinski definition) is 2. The molecule has 0 aromatic carbocycles. The van der Waals surface area contributed by atoms with Crippen molar-refractivity contribution in [2.75, 3.05) is 31.1 Å². The first kappa shape index (κ1) is 17.2. The highest BCUT2D eigenvalue weighted by Gasteiger charge is 2.16. The number of thiazole rings is 1. The molecule has 0 fully saturated rings. The Morgan fingerprint density at radius 2 is 2.14 bits per heavy atom. The largest absolute Gasteiger partial charge is 0.396 e. The van der Waals surface area contributed by atoms with Crippen molar-refractivity contribution >= 4 is 43.2 Å². The number of carbonyl (C=O) groups excluding carboxylic acids is 1. The van der Waals surface area contributed by atoms with Gasteiger partial charge in [-0.25, -0.2) is 4.98 Å². The average molecular weight is 342 g/mol. The normalized spacial score (nSPS) is 12.5. The first-order chi connectivity index (χ1) is 10.6. The summed E-state index contributed by atoms with van der Waals surface area (Å²) >= 11 is 3.08. The van der Waals surface area contributed by atoms with Gasteiger partial charge >= 0.3 is 0 Å². The summed E-state index contributed by atoms with van der Waals surface area (Å²) < 4.78 is 1.07. The number of rotatable bonds is 8. The van der Waals surface area contributed by atoms with Crippen molar-refractivity contribution in [3.8, 4) is 0 Å². The molecule has 0 aliphatic carbocycles. The zero-order chi connectivity index (χ0) is 16.1. The summed E-state index contributed by atoms with van der Waals surface area (Å²) in [5.41, 5.74) is 0. The maximum atomic E-state index is 12.2. The van der Waals surface area contributed by atoms with Gasteiger partial charge in [-0.2, -0.15) is 0 Å². The van der Waals surface area contributed by atoms with Crippen molar-refractivity contribution in [2.24, 2.45) is 5.92 Å². The van der Waals surface area contributed by atoms with Gasteiger partial charge in [0, 0.05) is 26.2 Å². The Labute approximate surface area is 139 Å². The number of anilines is 1. The molecule has 1 atom stereocenters. The van der Waals surface area contributed by atoms with Gasteiger partial charge < -0.3 is 15.3 Å². The van der Waals surface area contributed by atoms with E-state index in [1.807, 2.05) is 13.0 Å². The lowest BCUT2D eigenvalue weighted by Crippen LogP contribution is -2.27. The predicted octanol–water partition coefficient (Wildman–Crippen LogP) is 2.95. The Balaban J connectivity index is 2.04. The smallest absolute Gasteiger partial charge is 0.261 e. The highest BCUT2D eigenvalue weighted by atomic mass is 32.1. The summed E-state index contributed by atoms with van der Waals surface area (Å²) in [6, 6.07) is 1.93. The number of nitrogens with one attached hydrogen (secondary N) is 1. The van der Waals surface area contributed by atoms with Gasteiger partial charge in [0.15, 0.2) is 5.13 Å². The average Bonchev–Trinajstić information content (AvgIpc) is 3.05. The van der Waals surface area contributed by atoms with Crippen LogP contribution in [0.2, 0.25) is 0 Å². The number of thiophene rings is 1. The third-order valence-corrected chi connectivity index (χ3v) is 5.79. The lowest BCUT2D eigenvalue weighted by Gasteiger charge is -2.16. The maximum Gasteiger partial charge on any atom is 0.261 e. The molecule has 0 aliphatic rings. The molecule has 2 N–H and O–H groups in total. The number of amides is 1. The summed E-state index contributed by atoms with van der Waals surface area (Å²) in [6.07, 6.45) is 0.703. The van der Waals surface area contributed by atoms with Gasteiger partial charge in [-0.15, -0.1) is 11.3 Å². The minimum absolute atomic E-state index is 0.0515. The molecule has 0 bridgehead atoms. The third-order valence-electron chi connectivity index (χ3n) is 3.57. The van der Waals surface area contributed by atoms with Gasteiger partial charge in [0.2, 0.25) is 0 Å². The molecular weight excluding hydrogens is 318 g/mol. The van der Waals surface area contributed by atoms with Crippen LogP contribution in [0.3, 0.4) is 0 Å². The van der Waals surface area contributed by atoms with Crippen molar-refractivity contribution in [1.82, 2.24) is 10.3 Å². The van der Waals surface area contributed by atoms with Crippen molar-refractivity contribution in [1.29, 1.82) is 0 Å². The maximum absolute atomic E-state index is 12.2. The zero-order valence-electron chi connectivity index (χ0n) is 13.3. The van der Waals surface area contributed by atoms with E-state index in [0.29, 0.717) is 17.8 Å². The SMILES string of the molecule is CCN(CC)c1nc2sc(C(=O)NCC(C)CCO)cc2s1. The van der Waals surface area contributed by atoms with E-state index in [1.165, 1.54) is 11.3 Å². The molecule has 122 valence electrons. The van der Waals surface area contributed by atoms with Crippen LogP contribution in [0.4, 0.5) is 5.13 Å². The number of aromatic nitrogens is 1. The van der Waals surface area contributed by atoms with Crippen molar-refractivity contribution in [2.45, 2.75) is 27.2 Å². The van der Waals surface area contributed by atoms with Crippen LogP contribution >= 0.6 is 22.7 Å². The van der Waals surface area contributed by atoms with Crippen LogP contribution in [-0.4, -0.2) is 42.2 Å². The van der Waals surface area contributed by atoms with Gasteiger partial charge in [-0.1, -0.05) is 18.3 Å². The van der Waals surface area contributed by atoms with E-state index in [9.17, 15) is 4.79 Å². The van der Waals surface area contributed by atoms with E-state index >= 15 is 0 Å². The second kappa shape index (κ2) is 7.89. The second-order valence-electron chi connectivity index (χ2n) is 5.28. The molecule has 5 nitrogen and oxygen atoms in total. The molecule has 2 heterocycles. The zero-order valence-corrected chi connectivity index (χ0v) is 14.9. The Morgan fingerprint density at radius 1 is 1.41 bits per heavy atom. The second-order valence-corrected chi connectivity index (χ2v) is 7.32. The fraction of sp³-hybridized carbons (Fsp3) is 0.600. The van der Waals surface area contributed by atoms with Crippen LogP contribution in [0.1, 0.15) is 36.9 Å². The van der Waals surface area contributed by atoms with Crippen LogP contribution in [0.5, 0.6) is 0 Å². The lowest BCUT2D eigenvalue weighted by atomic mass is 10.1. The lowest BCUT2D eigenvalue weighted by molar-refractivity contribution is 0.0949. The molecule has 0 spiro atoms. The monoisotopic (exact) mass is 341 g/mol. The number of nitrogens with zero attached hydrogens (tertiary/aromatic N) is 2. The predicted molar refractivity (Wildman–Crippen MR) is 94.3 cm³/mol. The van der Waals surface area contributed by atoms with Crippen LogP contribution in [0.15, 0.2) is 6.07 Å². The summed E-state index contributed by atoms with van der Waals surface area (Å²) in [6.45, 7) is 8.87. The van der Waals surface area contributed by atoms with E-state index < -0.39 is 0 Å². The number of aliphatic hydroxyl groups is 1. The van der Waals surface area contributed by atoms with E-state index in [2.05, 4.69) is 29.0 Å². The molecule has 0 saturated heterocycles. The number of hydrogen-bond acceptors (Lipinski definition) is 6. The Hall–Kier alpha value is -1.18. The molecule has 2 aromatic heterocycles. The van der Waals surface area contributed by atoms with Gasteiger partial charge in [-0.05, 0) is 32.3 Å².